The Labute approximate surface area is 78.2 Å². The summed E-state index contributed by atoms with van der Waals surface area (Å²) in [5.41, 5.74) is 0.826. The maximum Gasteiger partial charge on any atom is 0.108 e. The van der Waals surface area contributed by atoms with Crippen LogP contribution in [0.2, 0.25) is 13.1 Å². The van der Waals surface area contributed by atoms with Gasteiger partial charge in [0.15, 0.2) is 0 Å². The van der Waals surface area contributed by atoms with Gasteiger partial charge in [0.1, 0.15) is 8.07 Å². The minimum atomic E-state index is -1.25. The number of hydrogen-bond donors (Lipinski definition) is 0. The SMILES string of the molecule is Cc1ccc([Si](C)(C)CCl)s1. The predicted octanol–water partition coefficient (Wildman–Crippen LogP) is 2.75. The summed E-state index contributed by atoms with van der Waals surface area (Å²) in [6, 6.07) is 4.41. The molecule has 62 valence electrons. The van der Waals surface area contributed by atoms with Gasteiger partial charge in [-0.3, -0.25) is 0 Å². The number of aryl methyl sites for hydroxylation is 1. The minimum Gasteiger partial charge on any atom is -0.150 e. The third-order valence-electron chi connectivity index (χ3n) is 1.74. The van der Waals surface area contributed by atoms with E-state index in [0.29, 0.717) is 0 Å². The van der Waals surface area contributed by atoms with E-state index in [1.165, 1.54) is 9.38 Å². The molecular weight excluding hydrogens is 192 g/mol. The lowest BCUT2D eigenvalue weighted by molar-refractivity contribution is 1.64. The molecule has 0 aliphatic carbocycles. The van der Waals surface area contributed by atoms with Gasteiger partial charge in [0, 0.05) is 10.4 Å². The molecule has 0 N–H and O–H groups in total. The molecule has 0 spiro atoms. The van der Waals surface area contributed by atoms with E-state index >= 15 is 0 Å². The van der Waals surface area contributed by atoms with E-state index in [2.05, 4.69) is 32.2 Å². The van der Waals surface area contributed by atoms with E-state index in [-0.39, 0.29) is 0 Å². The van der Waals surface area contributed by atoms with Gasteiger partial charge in [0.25, 0.3) is 0 Å². The fourth-order valence-electron chi connectivity index (χ4n) is 0.864. The molecule has 1 aromatic heterocycles. The predicted molar refractivity (Wildman–Crippen MR) is 56.9 cm³/mol. The molecule has 1 rings (SSSR count). The first-order valence-electron chi connectivity index (χ1n) is 3.69. The van der Waals surface area contributed by atoms with Crippen LogP contribution in [-0.2, 0) is 0 Å². The highest BCUT2D eigenvalue weighted by atomic mass is 35.5. The molecule has 0 unspecified atom stereocenters. The van der Waals surface area contributed by atoms with Crippen molar-refractivity contribution in [3.05, 3.63) is 17.0 Å². The number of rotatable bonds is 2. The van der Waals surface area contributed by atoms with E-state index < -0.39 is 8.07 Å². The summed E-state index contributed by atoms with van der Waals surface area (Å²) in [5.74, 6) is 0. The Morgan fingerprint density at radius 1 is 1.45 bits per heavy atom. The molecule has 0 aromatic carbocycles. The monoisotopic (exact) mass is 204 g/mol. The van der Waals surface area contributed by atoms with Crippen molar-refractivity contribution in [3.63, 3.8) is 0 Å². The van der Waals surface area contributed by atoms with Crippen LogP contribution >= 0.6 is 22.9 Å². The third-order valence-corrected chi connectivity index (χ3v) is 8.69. The van der Waals surface area contributed by atoms with E-state index in [4.69, 9.17) is 11.6 Å². The van der Waals surface area contributed by atoms with Gasteiger partial charge in [-0.25, -0.2) is 0 Å². The lowest BCUT2D eigenvalue weighted by Crippen LogP contribution is -2.41. The maximum absolute atomic E-state index is 5.91. The topological polar surface area (TPSA) is 0 Å². The summed E-state index contributed by atoms with van der Waals surface area (Å²) in [4.78, 5) is 1.39. The standard InChI is InChI=1S/C8H13ClSSi/c1-7-4-5-8(10-7)11(2,3)6-9/h4-5H,6H2,1-3H3. The van der Waals surface area contributed by atoms with E-state index in [9.17, 15) is 0 Å². The van der Waals surface area contributed by atoms with Crippen molar-refractivity contribution in [2.24, 2.45) is 0 Å². The van der Waals surface area contributed by atoms with Crippen LogP contribution in [0.15, 0.2) is 12.1 Å². The van der Waals surface area contributed by atoms with Gasteiger partial charge in [-0.2, -0.15) is 11.3 Å². The zero-order valence-electron chi connectivity index (χ0n) is 7.15. The van der Waals surface area contributed by atoms with Crippen molar-refractivity contribution in [2.45, 2.75) is 20.0 Å². The van der Waals surface area contributed by atoms with Gasteiger partial charge in [0.05, 0.1) is 0 Å². The highest BCUT2D eigenvalue weighted by Crippen LogP contribution is 2.13. The second-order valence-electron chi connectivity index (χ2n) is 3.43. The van der Waals surface area contributed by atoms with Crippen LogP contribution in [-0.4, -0.2) is 13.6 Å². The maximum atomic E-state index is 5.91. The summed E-state index contributed by atoms with van der Waals surface area (Å²) in [6.45, 7) is 6.77. The van der Waals surface area contributed by atoms with Crippen molar-refractivity contribution in [1.82, 2.24) is 0 Å². The van der Waals surface area contributed by atoms with Gasteiger partial charge >= 0.3 is 0 Å². The van der Waals surface area contributed by atoms with Crippen LogP contribution in [0.1, 0.15) is 4.88 Å². The lowest BCUT2D eigenvalue weighted by Gasteiger charge is -2.15. The summed E-state index contributed by atoms with van der Waals surface area (Å²) in [6.07, 6.45) is 0. The highest BCUT2D eigenvalue weighted by Gasteiger charge is 2.23. The summed E-state index contributed by atoms with van der Waals surface area (Å²) in [5, 5.41) is 0. The Morgan fingerprint density at radius 2 is 2.09 bits per heavy atom. The van der Waals surface area contributed by atoms with Crippen molar-refractivity contribution >= 4 is 35.5 Å². The fraction of sp³-hybridized carbons (Fsp3) is 0.500. The van der Waals surface area contributed by atoms with Gasteiger partial charge in [-0.05, 0) is 17.5 Å². The van der Waals surface area contributed by atoms with Crippen LogP contribution in [0.5, 0.6) is 0 Å². The summed E-state index contributed by atoms with van der Waals surface area (Å²) < 4.78 is 1.52. The van der Waals surface area contributed by atoms with Crippen LogP contribution in [0.3, 0.4) is 0 Å². The number of alkyl halides is 1. The molecule has 0 bridgehead atoms. The van der Waals surface area contributed by atoms with Crippen LogP contribution in [0.25, 0.3) is 0 Å². The lowest BCUT2D eigenvalue weighted by atomic mass is 10.5. The molecule has 0 fully saturated rings. The van der Waals surface area contributed by atoms with Gasteiger partial charge in [0.2, 0.25) is 0 Å². The largest absolute Gasteiger partial charge is 0.150 e. The first-order chi connectivity index (χ1) is 5.06. The van der Waals surface area contributed by atoms with Crippen molar-refractivity contribution in [3.8, 4) is 0 Å². The van der Waals surface area contributed by atoms with Gasteiger partial charge in [-0.15, -0.1) is 11.6 Å². The Balaban J connectivity index is 2.92. The molecule has 1 heterocycles. The number of halogens is 1. The molecular formula is C8H13ClSSi. The van der Waals surface area contributed by atoms with E-state index in [1.54, 1.807) is 0 Å². The van der Waals surface area contributed by atoms with E-state index in [0.717, 1.165) is 5.50 Å². The Bertz CT molecular complexity index is 242. The zero-order valence-corrected chi connectivity index (χ0v) is 9.72. The summed E-state index contributed by atoms with van der Waals surface area (Å²) in [7, 11) is -1.25. The number of hydrogen-bond acceptors (Lipinski definition) is 1. The quantitative estimate of drug-likeness (QED) is 0.514. The van der Waals surface area contributed by atoms with Crippen LogP contribution in [0, 0.1) is 6.92 Å². The molecule has 0 radical (unpaired) electrons. The van der Waals surface area contributed by atoms with Crippen molar-refractivity contribution in [2.75, 3.05) is 5.50 Å². The van der Waals surface area contributed by atoms with Crippen LogP contribution < -0.4 is 4.50 Å². The molecule has 3 heteroatoms. The van der Waals surface area contributed by atoms with E-state index in [1.807, 2.05) is 11.3 Å². The van der Waals surface area contributed by atoms with Crippen molar-refractivity contribution in [1.29, 1.82) is 0 Å². The van der Waals surface area contributed by atoms with Gasteiger partial charge < -0.3 is 0 Å². The first kappa shape index (κ1) is 9.30. The minimum absolute atomic E-state index is 0.826. The number of thiophene rings is 1. The molecule has 0 amide bonds. The third kappa shape index (κ3) is 2.07. The second-order valence-corrected chi connectivity index (χ2v) is 10.5. The molecule has 1 aromatic rings. The Hall–Kier alpha value is 0.207. The molecule has 11 heavy (non-hydrogen) atoms. The molecule has 0 saturated heterocycles. The molecule has 0 nitrogen and oxygen atoms in total. The Kier molecular flexibility index (Phi) is 2.78. The molecule has 0 saturated carbocycles. The molecule has 0 aliphatic heterocycles. The van der Waals surface area contributed by atoms with Gasteiger partial charge in [-0.1, -0.05) is 19.2 Å². The highest BCUT2D eigenvalue weighted by molar-refractivity contribution is 7.27. The summed E-state index contributed by atoms with van der Waals surface area (Å²) >= 11 is 7.80. The molecule has 0 aliphatic rings. The smallest absolute Gasteiger partial charge is 0.108 e. The Morgan fingerprint density at radius 3 is 2.45 bits per heavy atom. The second kappa shape index (κ2) is 3.29. The first-order valence-corrected chi connectivity index (χ1v) is 8.25. The van der Waals surface area contributed by atoms with Crippen molar-refractivity contribution < 1.29 is 0 Å². The van der Waals surface area contributed by atoms with Crippen LogP contribution in [0.4, 0.5) is 0 Å². The zero-order chi connectivity index (χ0) is 8.48. The molecule has 0 atom stereocenters. The average molecular weight is 205 g/mol. The average Bonchev–Trinajstić information content (AvgIpc) is 2.36. The fourth-order valence-corrected chi connectivity index (χ4v) is 4.62. The normalized spacial score (nSPS) is 12.0.